The van der Waals surface area contributed by atoms with Gasteiger partial charge in [-0.3, -0.25) is 14.4 Å². The van der Waals surface area contributed by atoms with Crippen molar-refractivity contribution in [2.45, 2.75) is 62.2 Å². The summed E-state index contributed by atoms with van der Waals surface area (Å²) >= 11 is 3.79. The van der Waals surface area contributed by atoms with Crippen molar-refractivity contribution < 1.29 is 24.2 Å². The Morgan fingerprint density at radius 3 is 2.36 bits per heavy atom. The number of hydrogen-bond donors (Lipinski definition) is 1. The number of benzene rings is 2. The van der Waals surface area contributed by atoms with Gasteiger partial charge < -0.3 is 24.5 Å². The third-order valence-corrected chi connectivity index (χ3v) is 10.1. The van der Waals surface area contributed by atoms with Crippen molar-refractivity contribution in [3.05, 3.63) is 90.5 Å². The van der Waals surface area contributed by atoms with Gasteiger partial charge in [0, 0.05) is 43.3 Å². The van der Waals surface area contributed by atoms with Crippen LogP contribution in [0.4, 0.5) is 5.69 Å². The number of aliphatic hydroxyl groups is 1. The van der Waals surface area contributed by atoms with Crippen LogP contribution in [0.5, 0.6) is 0 Å². The molecule has 1 N–H and O–H groups in total. The SMILES string of the molecule is C=CCN(Cc1ccccc1)C(=O)[C@H]1[C@H]2C(=O)N(CCCCO)C(C(=O)N(CC=C)c3c(C)cccc3C)C23CC(Br)[C@@H]1O3. The predicted molar refractivity (Wildman–Crippen MR) is 174 cm³/mol. The number of rotatable bonds is 13. The van der Waals surface area contributed by atoms with Gasteiger partial charge in [0.15, 0.2) is 0 Å². The molecule has 0 aromatic heterocycles. The zero-order chi connectivity index (χ0) is 31.6. The van der Waals surface area contributed by atoms with E-state index in [4.69, 9.17) is 4.74 Å². The van der Waals surface area contributed by atoms with Crippen LogP contribution in [0, 0.1) is 25.7 Å². The van der Waals surface area contributed by atoms with Crippen molar-refractivity contribution in [1.29, 1.82) is 0 Å². The Balaban J connectivity index is 1.57. The molecular weight excluding hydrogens is 622 g/mol. The Labute approximate surface area is 268 Å². The molecule has 8 nitrogen and oxygen atoms in total. The normalized spacial score (nSPS) is 26.9. The van der Waals surface area contributed by atoms with Crippen LogP contribution in [0.1, 0.15) is 36.0 Å². The lowest BCUT2D eigenvalue weighted by atomic mass is 9.70. The number of likely N-dealkylation sites (tertiary alicyclic amines) is 1. The van der Waals surface area contributed by atoms with Crippen LogP contribution in [0.15, 0.2) is 73.8 Å². The molecule has 2 aromatic rings. The summed E-state index contributed by atoms with van der Waals surface area (Å²) < 4.78 is 6.77. The van der Waals surface area contributed by atoms with Crippen molar-refractivity contribution in [1.82, 2.24) is 9.80 Å². The number of aliphatic hydroxyl groups excluding tert-OH is 1. The van der Waals surface area contributed by atoms with E-state index in [1.807, 2.05) is 62.4 Å². The van der Waals surface area contributed by atoms with Crippen molar-refractivity contribution in [2.75, 3.05) is 31.1 Å². The summed E-state index contributed by atoms with van der Waals surface area (Å²) in [4.78, 5) is 48.6. The number of anilines is 1. The van der Waals surface area contributed by atoms with Gasteiger partial charge in [0.2, 0.25) is 11.8 Å². The first-order valence-corrected chi connectivity index (χ1v) is 16.3. The Kier molecular flexibility index (Phi) is 9.77. The molecule has 2 bridgehead atoms. The van der Waals surface area contributed by atoms with Crippen molar-refractivity contribution >= 4 is 39.3 Å². The molecule has 5 rings (SSSR count). The van der Waals surface area contributed by atoms with Crippen LogP contribution in [0.3, 0.4) is 0 Å². The van der Waals surface area contributed by atoms with E-state index < -0.39 is 29.6 Å². The number of hydrogen-bond acceptors (Lipinski definition) is 5. The number of halogens is 1. The van der Waals surface area contributed by atoms with Gasteiger partial charge in [0.25, 0.3) is 5.91 Å². The molecule has 1 spiro atoms. The first-order chi connectivity index (χ1) is 21.2. The fourth-order valence-electron chi connectivity index (χ4n) is 7.53. The maximum Gasteiger partial charge on any atom is 0.253 e. The third-order valence-electron chi connectivity index (χ3n) is 9.28. The Morgan fingerprint density at radius 2 is 1.73 bits per heavy atom. The van der Waals surface area contributed by atoms with E-state index in [0.717, 1.165) is 22.4 Å². The number of nitrogens with zero attached hydrogens (tertiary/aromatic N) is 3. The summed E-state index contributed by atoms with van der Waals surface area (Å²) in [6.07, 6.45) is 4.28. The number of amides is 3. The molecule has 0 saturated carbocycles. The van der Waals surface area contributed by atoms with E-state index >= 15 is 0 Å². The minimum atomic E-state index is -1.17. The molecule has 3 heterocycles. The lowest BCUT2D eigenvalue weighted by molar-refractivity contribution is -0.145. The molecule has 0 aliphatic carbocycles. The zero-order valence-corrected chi connectivity index (χ0v) is 27.1. The van der Waals surface area contributed by atoms with Crippen LogP contribution in [-0.2, 0) is 25.7 Å². The second kappa shape index (κ2) is 13.4. The smallest absolute Gasteiger partial charge is 0.253 e. The van der Waals surface area contributed by atoms with Gasteiger partial charge in [-0.2, -0.15) is 0 Å². The molecule has 234 valence electrons. The number of fused-ring (bicyclic) bond motifs is 1. The van der Waals surface area contributed by atoms with Crippen molar-refractivity contribution in [3.63, 3.8) is 0 Å². The number of carbonyl (C=O) groups excluding carboxylic acids is 3. The second-order valence-electron chi connectivity index (χ2n) is 12.1. The monoisotopic (exact) mass is 663 g/mol. The predicted octanol–water partition coefficient (Wildman–Crippen LogP) is 4.56. The van der Waals surface area contributed by atoms with Gasteiger partial charge in [-0.25, -0.2) is 0 Å². The third kappa shape index (κ3) is 5.54. The van der Waals surface area contributed by atoms with E-state index in [1.165, 1.54) is 0 Å². The maximum absolute atomic E-state index is 14.8. The van der Waals surface area contributed by atoms with E-state index in [0.29, 0.717) is 32.4 Å². The van der Waals surface area contributed by atoms with Gasteiger partial charge in [-0.05, 0) is 49.8 Å². The quantitative estimate of drug-likeness (QED) is 0.193. The summed E-state index contributed by atoms with van der Waals surface area (Å²) in [5.41, 5.74) is 2.47. The van der Waals surface area contributed by atoms with Crippen LogP contribution < -0.4 is 4.90 Å². The van der Waals surface area contributed by atoms with Gasteiger partial charge in [-0.15, -0.1) is 13.2 Å². The average Bonchev–Trinajstić information content (AvgIpc) is 3.59. The van der Waals surface area contributed by atoms with Gasteiger partial charge in [0.1, 0.15) is 11.6 Å². The first kappa shape index (κ1) is 32.1. The zero-order valence-electron chi connectivity index (χ0n) is 25.5. The summed E-state index contributed by atoms with van der Waals surface area (Å²) in [7, 11) is 0. The number of aryl methyl sites for hydroxylation is 2. The summed E-state index contributed by atoms with van der Waals surface area (Å²) in [5, 5.41) is 9.52. The van der Waals surface area contributed by atoms with E-state index in [1.54, 1.807) is 26.9 Å². The average molecular weight is 665 g/mol. The van der Waals surface area contributed by atoms with Crippen LogP contribution in [-0.4, -0.2) is 81.4 Å². The summed E-state index contributed by atoms with van der Waals surface area (Å²) in [6.45, 7) is 12.9. The molecule has 2 aromatic carbocycles. The lowest BCUT2D eigenvalue weighted by Crippen LogP contribution is -2.57. The van der Waals surface area contributed by atoms with Crippen molar-refractivity contribution in [2.24, 2.45) is 11.8 Å². The molecule has 3 aliphatic rings. The topological polar surface area (TPSA) is 90.4 Å². The number of unbranched alkanes of at least 4 members (excludes halogenated alkanes) is 1. The Bertz CT molecular complexity index is 1400. The first-order valence-electron chi connectivity index (χ1n) is 15.4. The highest BCUT2D eigenvalue weighted by Gasteiger charge is 2.76. The van der Waals surface area contributed by atoms with E-state index in [9.17, 15) is 19.5 Å². The second-order valence-corrected chi connectivity index (χ2v) is 13.3. The Morgan fingerprint density at radius 1 is 1.05 bits per heavy atom. The van der Waals surface area contributed by atoms with Crippen LogP contribution >= 0.6 is 15.9 Å². The number of ether oxygens (including phenoxy) is 1. The maximum atomic E-state index is 14.8. The van der Waals surface area contributed by atoms with Crippen LogP contribution in [0.25, 0.3) is 0 Å². The molecular formula is C35H42BrN3O5. The van der Waals surface area contributed by atoms with Gasteiger partial charge >= 0.3 is 0 Å². The number of para-hydroxylation sites is 1. The van der Waals surface area contributed by atoms with Crippen LogP contribution in [0.2, 0.25) is 0 Å². The molecule has 3 amide bonds. The highest BCUT2D eigenvalue weighted by molar-refractivity contribution is 9.09. The largest absolute Gasteiger partial charge is 0.396 e. The van der Waals surface area contributed by atoms with Crippen molar-refractivity contribution in [3.8, 4) is 0 Å². The summed E-state index contributed by atoms with van der Waals surface area (Å²) in [5.74, 6) is -2.22. The van der Waals surface area contributed by atoms with E-state index in [2.05, 4.69) is 29.1 Å². The molecule has 3 saturated heterocycles. The standard InChI is InChI=1S/C35H42BrN3O5/c1-5-17-37(22-25-15-8-7-9-16-25)32(41)27-28-33(42)39(19-10-11-20-40)31(35(28)21-26(36)30(27)44-35)34(43)38(18-6-2)29-23(3)13-12-14-24(29)4/h5-9,12-16,26-28,30-31,40H,1-2,10-11,17-22H2,3-4H3/t26?,27-,28-,30-,31?,35?/m0/s1. The molecule has 6 atom stereocenters. The number of alkyl halides is 1. The molecule has 0 radical (unpaired) electrons. The molecule has 3 fully saturated rings. The fraction of sp³-hybridized carbons (Fsp3) is 0.457. The fourth-order valence-corrected chi connectivity index (χ4v) is 8.47. The highest BCUT2D eigenvalue weighted by atomic mass is 79.9. The minimum absolute atomic E-state index is 0.0145. The molecule has 3 aliphatic heterocycles. The molecule has 3 unspecified atom stereocenters. The van der Waals surface area contributed by atoms with E-state index in [-0.39, 0.29) is 42.2 Å². The molecule has 9 heteroatoms. The lowest BCUT2D eigenvalue weighted by Gasteiger charge is -2.38. The summed E-state index contributed by atoms with van der Waals surface area (Å²) in [6, 6.07) is 14.7. The van der Waals surface area contributed by atoms with Gasteiger partial charge in [0.05, 0.1) is 17.9 Å². The minimum Gasteiger partial charge on any atom is -0.396 e. The number of carbonyl (C=O) groups is 3. The molecule has 44 heavy (non-hydrogen) atoms. The van der Waals surface area contributed by atoms with Gasteiger partial charge in [-0.1, -0.05) is 76.6 Å². The Hall–Kier alpha value is -3.27. The highest BCUT2D eigenvalue weighted by Crippen LogP contribution is 2.60.